The molecule has 1 aliphatic carbocycles. The number of ether oxygens (including phenoxy) is 1. The smallest absolute Gasteiger partial charge is 0.226 e. The molecule has 2 aliphatic rings. The third kappa shape index (κ3) is 2.83. The van der Waals surface area contributed by atoms with Crippen molar-refractivity contribution in [1.82, 2.24) is 5.32 Å². The lowest BCUT2D eigenvalue weighted by molar-refractivity contribution is -0.127. The topological polar surface area (TPSA) is 96.9 Å². The summed E-state index contributed by atoms with van der Waals surface area (Å²) in [7, 11) is 0. The maximum atomic E-state index is 12.4. The lowest BCUT2D eigenvalue weighted by Gasteiger charge is -2.22. The Labute approximate surface area is 113 Å². The summed E-state index contributed by atoms with van der Waals surface area (Å²) in [6, 6.07) is -0.354. The largest absolute Gasteiger partial charge is 0.409 e. The first-order valence-electron chi connectivity index (χ1n) is 6.89. The number of nitrogens with two attached hydrogens (primary N) is 1. The van der Waals surface area contributed by atoms with E-state index in [1.165, 1.54) is 0 Å². The van der Waals surface area contributed by atoms with Crippen molar-refractivity contribution in [2.45, 2.75) is 51.9 Å². The number of nitrogens with one attached hydrogen (secondary N) is 1. The predicted octanol–water partition coefficient (Wildman–Crippen LogP) is 0.687. The van der Waals surface area contributed by atoms with Crippen molar-refractivity contribution in [2.75, 3.05) is 0 Å². The van der Waals surface area contributed by atoms with E-state index in [4.69, 9.17) is 15.7 Å². The monoisotopic (exact) mass is 269 g/mol. The second kappa shape index (κ2) is 5.36. The van der Waals surface area contributed by atoms with Crippen LogP contribution >= 0.6 is 0 Å². The molecule has 6 heteroatoms. The van der Waals surface area contributed by atoms with Gasteiger partial charge in [-0.15, -0.1) is 0 Å². The molecule has 2 rings (SSSR count). The molecule has 0 bridgehead atoms. The van der Waals surface area contributed by atoms with Crippen LogP contribution in [0.2, 0.25) is 0 Å². The van der Waals surface area contributed by atoms with E-state index in [0.29, 0.717) is 5.92 Å². The van der Waals surface area contributed by atoms with Crippen LogP contribution in [-0.4, -0.2) is 35.2 Å². The van der Waals surface area contributed by atoms with Gasteiger partial charge in [-0.2, -0.15) is 0 Å². The van der Waals surface area contributed by atoms with Crippen molar-refractivity contribution in [1.29, 1.82) is 0 Å². The molecule has 6 nitrogen and oxygen atoms in total. The van der Waals surface area contributed by atoms with Crippen molar-refractivity contribution >= 4 is 11.7 Å². The highest BCUT2D eigenvalue weighted by Crippen LogP contribution is 2.35. The van der Waals surface area contributed by atoms with E-state index in [9.17, 15) is 4.79 Å². The Hall–Kier alpha value is -1.30. The maximum Gasteiger partial charge on any atom is 0.226 e. The van der Waals surface area contributed by atoms with Crippen molar-refractivity contribution in [3.05, 3.63) is 0 Å². The third-order valence-electron chi connectivity index (χ3n) is 4.37. The number of hydrogen-bond donors (Lipinski definition) is 3. The molecule has 1 aliphatic heterocycles. The lowest BCUT2D eigenvalue weighted by Crippen LogP contribution is -2.49. The number of nitrogens with zero attached hydrogens (tertiary/aromatic N) is 1. The Morgan fingerprint density at radius 3 is 2.42 bits per heavy atom. The molecule has 108 valence electrons. The summed E-state index contributed by atoms with van der Waals surface area (Å²) in [6.45, 7) is 5.92. The number of amides is 1. The van der Waals surface area contributed by atoms with Crippen molar-refractivity contribution in [3.63, 3.8) is 0 Å². The molecule has 1 amide bonds. The summed E-state index contributed by atoms with van der Waals surface area (Å²) < 4.78 is 5.68. The van der Waals surface area contributed by atoms with Crippen molar-refractivity contribution in [3.8, 4) is 0 Å². The molecule has 0 radical (unpaired) electrons. The molecule has 5 unspecified atom stereocenters. The first-order chi connectivity index (χ1) is 8.95. The number of carbonyl (C=O) groups excluding carboxylic acids is 1. The minimum absolute atomic E-state index is 0.0622. The van der Waals surface area contributed by atoms with Crippen molar-refractivity contribution < 1.29 is 14.7 Å². The van der Waals surface area contributed by atoms with Gasteiger partial charge in [0.1, 0.15) is 0 Å². The maximum absolute atomic E-state index is 12.4. The lowest BCUT2D eigenvalue weighted by atomic mass is 9.88. The van der Waals surface area contributed by atoms with Crippen LogP contribution in [-0.2, 0) is 9.53 Å². The fourth-order valence-electron chi connectivity index (χ4n) is 2.89. The average Bonchev–Trinajstić information content (AvgIpc) is 3.15. The Bertz CT molecular complexity index is 381. The average molecular weight is 269 g/mol. The minimum Gasteiger partial charge on any atom is -0.409 e. The van der Waals surface area contributed by atoms with Crippen LogP contribution in [0.15, 0.2) is 5.16 Å². The minimum atomic E-state index is -0.354. The SMILES string of the molecule is CC1OC(C)C(C(=O)NC(C(N)=NO)C2CC2)C1C. The standard InChI is InChI=1S/C13H23N3O3/c1-6-7(2)19-8(3)10(6)13(17)15-11(9-4-5-9)12(14)16-18/h6-11,18H,4-5H2,1-3H3,(H2,14,16)(H,15,17). The van der Waals surface area contributed by atoms with Crippen LogP contribution < -0.4 is 11.1 Å². The molecule has 0 spiro atoms. The first-order valence-corrected chi connectivity index (χ1v) is 6.89. The normalized spacial score (nSPS) is 37.1. The van der Waals surface area contributed by atoms with E-state index in [1.807, 2.05) is 20.8 Å². The molecular formula is C13H23N3O3. The van der Waals surface area contributed by atoms with Gasteiger partial charge in [-0.25, -0.2) is 0 Å². The number of carbonyl (C=O) groups is 1. The van der Waals surface area contributed by atoms with Gasteiger partial charge in [0.05, 0.1) is 24.2 Å². The van der Waals surface area contributed by atoms with Crippen LogP contribution in [0.4, 0.5) is 0 Å². The highest BCUT2D eigenvalue weighted by Gasteiger charge is 2.44. The van der Waals surface area contributed by atoms with Gasteiger partial charge in [0.15, 0.2) is 5.84 Å². The van der Waals surface area contributed by atoms with Gasteiger partial charge < -0.3 is 21.0 Å². The summed E-state index contributed by atoms with van der Waals surface area (Å²) in [6.07, 6.45) is 1.99. The summed E-state index contributed by atoms with van der Waals surface area (Å²) in [5.74, 6) is 0.311. The molecule has 0 aromatic heterocycles. The number of amidine groups is 1. The molecule has 19 heavy (non-hydrogen) atoms. The van der Waals surface area contributed by atoms with Gasteiger partial charge in [0, 0.05) is 0 Å². The van der Waals surface area contributed by atoms with Crippen LogP contribution in [0.3, 0.4) is 0 Å². The molecule has 2 fully saturated rings. The van der Waals surface area contributed by atoms with Gasteiger partial charge in [0.25, 0.3) is 0 Å². The van der Waals surface area contributed by atoms with Crippen LogP contribution in [0.5, 0.6) is 0 Å². The highest BCUT2D eigenvalue weighted by atomic mass is 16.5. The summed E-state index contributed by atoms with van der Waals surface area (Å²) >= 11 is 0. The Kier molecular flexibility index (Phi) is 3.99. The number of hydrogen-bond acceptors (Lipinski definition) is 4. The zero-order chi connectivity index (χ0) is 14.2. The van der Waals surface area contributed by atoms with E-state index in [2.05, 4.69) is 10.5 Å². The molecule has 0 aromatic carbocycles. The fourth-order valence-corrected chi connectivity index (χ4v) is 2.89. The summed E-state index contributed by atoms with van der Waals surface area (Å²) in [5.41, 5.74) is 5.66. The van der Waals surface area contributed by atoms with E-state index >= 15 is 0 Å². The zero-order valence-electron chi connectivity index (χ0n) is 11.7. The third-order valence-corrected chi connectivity index (χ3v) is 4.37. The van der Waals surface area contributed by atoms with Crippen LogP contribution in [0, 0.1) is 17.8 Å². The predicted molar refractivity (Wildman–Crippen MR) is 70.7 cm³/mol. The Balaban J connectivity index is 2.03. The summed E-state index contributed by atoms with van der Waals surface area (Å²) in [5, 5.41) is 14.7. The Morgan fingerprint density at radius 2 is 2.00 bits per heavy atom. The van der Waals surface area contributed by atoms with Gasteiger partial charge in [-0.3, -0.25) is 4.79 Å². The van der Waals surface area contributed by atoms with E-state index in [-0.39, 0.29) is 41.8 Å². The molecular weight excluding hydrogens is 246 g/mol. The highest BCUT2D eigenvalue weighted by molar-refractivity contribution is 5.91. The molecule has 5 atom stereocenters. The summed E-state index contributed by atoms with van der Waals surface area (Å²) in [4.78, 5) is 12.4. The fraction of sp³-hybridized carbons (Fsp3) is 0.846. The molecule has 1 heterocycles. The quantitative estimate of drug-likeness (QED) is 0.303. The Morgan fingerprint density at radius 1 is 1.37 bits per heavy atom. The van der Waals surface area contributed by atoms with E-state index in [1.54, 1.807) is 0 Å². The molecule has 1 saturated heterocycles. The molecule has 4 N–H and O–H groups in total. The van der Waals surface area contributed by atoms with Gasteiger partial charge >= 0.3 is 0 Å². The molecule has 0 aromatic rings. The van der Waals surface area contributed by atoms with E-state index < -0.39 is 0 Å². The molecule has 1 saturated carbocycles. The van der Waals surface area contributed by atoms with Crippen molar-refractivity contribution in [2.24, 2.45) is 28.6 Å². The van der Waals surface area contributed by atoms with Crippen LogP contribution in [0.25, 0.3) is 0 Å². The second-order valence-corrected chi connectivity index (χ2v) is 5.78. The second-order valence-electron chi connectivity index (χ2n) is 5.78. The van der Waals surface area contributed by atoms with Gasteiger partial charge in [-0.05, 0) is 38.5 Å². The number of oxime groups is 1. The van der Waals surface area contributed by atoms with Gasteiger partial charge in [0.2, 0.25) is 5.91 Å². The zero-order valence-corrected chi connectivity index (χ0v) is 11.7. The van der Waals surface area contributed by atoms with E-state index in [0.717, 1.165) is 12.8 Å². The first kappa shape index (κ1) is 14.1. The van der Waals surface area contributed by atoms with Crippen LogP contribution in [0.1, 0.15) is 33.6 Å². The number of rotatable bonds is 4. The van der Waals surface area contributed by atoms with Gasteiger partial charge in [-0.1, -0.05) is 12.1 Å².